The Balaban J connectivity index is 1.42. The first-order valence-electron chi connectivity index (χ1n) is 10.5. The van der Waals surface area contributed by atoms with Crippen LogP contribution in [0.3, 0.4) is 0 Å². The first-order chi connectivity index (χ1) is 17.0. The number of thiophene rings is 1. The van der Waals surface area contributed by atoms with Gasteiger partial charge in [-0.15, -0.1) is 11.3 Å². The third kappa shape index (κ3) is 4.73. The molecule has 0 saturated heterocycles. The molecule has 2 aromatic heterocycles. The molecular formula is C24H17Cl2FN2O5S2. The number of carbonyl (C=O) groups excluding carboxylic acids is 1. The molecule has 0 radical (unpaired) electrons. The van der Waals surface area contributed by atoms with Gasteiger partial charge in [0.2, 0.25) is 10.9 Å². The van der Waals surface area contributed by atoms with Gasteiger partial charge in [0.05, 0.1) is 11.5 Å². The predicted octanol–water partition coefficient (Wildman–Crippen LogP) is 6.60. The molecule has 186 valence electrons. The number of benzene rings is 2. The molecule has 1 aliphatic heterocycles. The van der Waals surface area contributed by atoms with E-state index >= 15 is 4.39 Å². The molecule has 0 spiro atoms. The first-order valence-corrected chi connectivity index (χ1v) is 14.0. The van der Waals surface area contributed by atoms with Crippen molar-refractivity contribution in [3.63, 3.8) is 0 Å². The van der Waals surface area contributed by atoms with Gasteiger partial charge in [-0.05, 0) is 53.9 Å². The second kappa shape index (κ2) is 9.19. The van der Waals surface area contributed by atoms with Crippen LogP contribution in [0, 0.1) is 0 Å². The molecule has 1 atom stereocenters. The van der Waals surface area contributed by atoms with Crippen LogP contribution in [0.5, 0.6) is 17.4 Å². The fourth-order valence-electron chi connectivity index (χ4n) is 3.82. The highest BCUT2D eigenvalue weighted by molar-refractivity contribution is 7.91. The molecule has 2 aromatic carbocycles. The average molecular weight is 567 g/mol. The molecule has 0 saturated carbocycles. The van der Waals surface area contributed by atoms with E-state index in [1.165, 1.54) is 18.2 Å². The van der Waals surface area contributed by atoms with Crippen LogP contribution < -0.4 is 14.8 Å². The number of halogens is 3. The van der Waals surface area contributed by atoms with Crippen molar-refractivity contribution in [2.45, 2.75) is 11.4 Å². The molecule has 0 fully saturated rings. The summed E-state index contributed by atoms with van der Waals surface area (Å²) in [5.74, 6) is 0.367. The maximum atomic E-state index is 15.5. The molecule has 5 rings (SSSR count). The zero-order valence-corrected chi connectivity index (χ0v) is 21.7. The van der Waals surface area contributed by atoms with Crippen molar-refractivity contribution in [3.8, 4) is 17.4 Å². The Labute approximate surface area is 219 Å². The van der Waals surface area contributed by atoms with Crippen LogP contribution in [0.2, 0.25) is 10.2 Å². The minimum absolute atomic E-state index is 0.0570. The molecule has 1 aliphatic rings. The Morgan fingerprint density at radius 1 is 1.17 bits per heavy atom. The second-order valence-corrected chi connectivity index (χ2v) is 12.2. The number of pyridine rings is 1. The van der Waals surface area contributed by atoms with Gasteiger partial charge in [-0.25, -0.2) is 17.8 Å². The number of hydrogen-bond donors (Lipinski definition) is 1. The van der Waals surface area contributed by atoms with Crippen LogP contribution in [-0.2, 0) is 14.8 Å². The SMILES string of the molecule is CS(=O)(=O)[C@]1(F)CCOc2cc3sc(C(=O)Nc4cc(Cl)nc(Oc5ccc(Cl)cc5)c4)cc3cc21. The second-order valence-electron chi connectivity index (χ2n) is 8.12. The molecule has 12 heteroatoms. The topological polar surface area (TPSA) is 94.6 Å². The maximum absolute atomic E-state index is 15.5. The molecule has 4 aromatic rings. The number of aromatic nitrogens is 1. The van der Waals surface area contributed by atoms with E-state index in [0.717, 1.165) is 17.6 Å². The number of ether oxygens (including phenoxy) is 2. The Hall–Kier alpha value is -2.92. The molecule has 36 heavy (non-hydrogen) atoms. The number of nitrogens with one attached hydrogen (secondary N) is 1. The van der Waals surface area contributed by atoms with E-state index in [1.54, 1.807) is 36.4 Å². The molecular weight excluding hydrogens is 550 g/mol. The van der Waals surface area contributed by atoms with Crippen molar-refractivity contribution in [1.82, 2.24) is 4.98 Å². The summed E-state index contributed by atoms with van der Waals surface area (Å²) < 4.78 is 51.8. The van der Waals surface area contributed by atoms with E-state index in [9.17, 15) is 13.2 Å². The van der Waals surface area contributed by atoms with Gasteiger partial charge in [0.1, 0.15) is 16.7 Å². The highest BCUT2D eigenvalue weighted by Gasteiger charge is 2.47. The molecule has 1 amide bonds. The number of carbonyl (C=O) groups is 1. The van der Waals surface area contributed by atoms with E-state index in [2.05, 4.69) is 10.3 Å². The summed E-state index contributed by atoms with van der Waals surface area (Å²) in [4.78, 5) is 17.4. The van der Waals surface area contributed by atoms with Crippen LogP contribution in [0.25, 0.3) is 10.1 Å². The minimum Gasteiger partial charge on any atom is -0.493 e. The van der Waals surface area contributed by atoms with Crippen LogP contribution in [0.4, 0.5) is 10.1 Å². The number of hydrogen-bond acceptors (Lipinski definition) is 7. The lowest BCUT2D eigenvalue weighted by Gasteiger charge is -2.30. The summed E-state index contributed by atoms with van der Waals surface area (Å²) in [6.07, 6.45) is 0.564. The van der Waals surface area contributed by atoms with Crippen LogP contribution in [0.15, 0.2) is 54.6 Å². The number of fused-ring (bicyclic) bond motifs is 2. The Bertz CT molecular complexity index is 1610. The third-order valence-electron chi connectivity index (χ3n) is 5.58. The summed E-state index contributed by atoms with van der Waals surface area (Å²) in [6.45, 7) is -0.0655. The largest absolute Gasteiger partial charge is 0.493 e. The van der Waals surface area contributed by atoms with Gasteiger partial charge >= 0.3 is 0 Å². The van der Waals surface area contributed by atoms with E-state index in [4.69, 9.17) is 32.7 Å². The highest BCUT2D eigenvalue weighted by Crippen LogP contribution is 2.46. The fourth-order valence-corrected chi connectivity index (χ4v) is 6.12. The molecule has 7 nitrogen and oxygen atoms in total. The summed E-state index contributed by atoms with van der Waals surface area (Å²) in [7, 11) is -4.05. The zero-order valence-electron chi connectivity index (χ0n) is 18.5. The lowest BCUT2D eigenvalue weighted by atomic mass is 10.0. The van der Waals surface area contributed by atoms with Crippen molar-refractivity contribution in [3.05, 3.63) is 75.2 Å². The van der Waals surface area contributed by atoms with Crippen LogP contribution >= 0.6 is 34.5 Å². The van der Waals surface area contributed by atoms with Crippen molar-refractivity contribution < 1.29 is 27.1 Å². The molecule has 1 N–H and O–H groups in total. The van der Waals surface area contributed by atoms with Gasteiger partial charge in [0, 0.05) is 39.7 Å². The van der Waals surface area contributed by atoms with E-state index in [-0.39, 0.29) is 35.4 Å². The van der Waals surface area contributed by atoms with Gasteiger partial charge in [0.15, 0.2) is 9.84 Å². The van der Waals surface area contributed by atoms with Crippen LogP contribution in [0.1, 0.15) is 21.7 Å². The summed E-state index contributed by atoms with van der Waals surface area (Å²) >= 11 is 13.2. The summed E-state index contributed by atoms with van der Waals surface area (Å²) in [5.41, 5.74) is 0.294. The van der Waals surface area contributed by atoms with Gasteiger partial charge in [0.25, 0.3) is 5.91 Å². The Kier molecular flexibility index (Phi) is 6.32. The van der Waals surface area contributed by atoms with Gasteiger partial charge in [-0.3, -0.25) is 4.79 Å². The number of alkyl halides is 1. The van der Waals surface area contributed by atoms with Crippen molar-refractivity contribution in [1.29, 1.82) is 0 Å². The van der Waals surface area contributed by atoms with Gasteiger partial charge < -0.3 is 14.8 Å². The Morgan fingerprint density at radius 3 is 2.64 bits per heavy atom. The molecule has 0 unspecified atom stereocenters. The van der Waals surface area contributed by atoms with Crippen LogP contribution in [-0.4, -0.2) is 32.2 Å². The molecule has 0 aliphatic carbocycles. The summed E-state index contributed by atoms with van der Waals surface area (Å²) in [5, 5.41) is 1.39. The zero-order chi connectivity index (χ0) is 25.7. The van der Waals surface area contributed by atoms with E-state index < -0.39 is 20.7 Å². The number of rotatable bonds is 5. The van der Waals surface area contributed by atoms with Gasteiger partial charge in [-0.1, -0.05) is 23.2 Å². The summed E-state index contributed by atoms with van der Waals surface area (Å²) in [6, 6.07) is 14.2. The fraction of sp³-hybridized carbons (Fsp3) is 0.167. The minimum atomic E-state index is -4.05. The quantitative estimate of drug-likeness (QED) is 0.273. The first kappa shape index (κ1) is 24.8. The smallest absolute Gasteiger partial charge is 0.265 e. The van der Waals surface area contributed by atoms with E-state index in [1.807, 2.05) is 0 Å². The molecule has 0 bridgehead atoms. The van der Waals surface area contributed by atoms with Gasteiger partial charge in [-0.2, -0.15) is 0 Å². The Morgan fingerprint density at radius 2 is 1.92 bits per heavy atom. The number of sulfone groups is 1. The van der Waals surface area contributed by atoms with Crippen molar-refractivity contribution in [2.24, 2.45) is 0 Å². The third-order valence-corrected chi connectivity index (χ3v) is 8.72. The van der Waals surface area contributed by atoms with E-state index in [0.29, 0.717) is 31.4 Å². The number of nitrogens with zero attached hydrogens (tertiary/aromatic N) is 1. The average Bonchev–Trinajstić information content (AvgIpc) is 3.22. The van der Waals surface area contributed by atoms with Crippen molar-refractivity contribution >= 4 is 66.1 Å². The number of amides is 1. The lowest BCUT2D eigenvalue weighted by molar-refractivity contribution is 0.103. The standard InChI is InChI=1S/C24H17Cl2FN2O5S2/c1-36(31,32)24(27)6-7-33-18-12-19-13(8-17(18)24)9-20(35-19)23(30)28-15-10-21(26)29-22(11-15)34-16-4-2-14(25)3-5-16/h2-5,8-12H,6-7H2,1H3,(H,28,29,30)/t24-/m1/s1. The monoisotopic (exact) mass is 566 g/mol. The predicted molar refractivity (Wildman–Crippen MR) is 138 cm³/mol. The highest BCUT2D eigenvalue weighted by atomic mass is 35.5. The lowest BCUT2D eigenvalue weighted by Crippen LogP contribution is -2.35. The normalized spacial score (nSPS) is 17.3. The number of anilines is 1. The maximum Gasteiger partial charge on any atom is 0.265 e. The molecule has 3 heterocycles. The van der Waals surface area contributed by atoms with Crippen molar-refractivity contribution in [2.75, 3.05) is 18.2 Å².